The van der Waals surface area contributed by atoms with E-state index in [-0.39, 0.29) is 31.3 Å². The van der Waals surface area contributed by atoms with Gasteiger partial charge in [0.05, 0.1) is 36.1 Å². The number of hydrogen-bond acceptors (Lipinski definition) is 9. The molecule has 322 valence electrons. The minimum atomic E-state index is -3.69. The molecule has 3 N–H and O–H groups in total. The summed E-state index contributed by atoms with van der Waals surface area (Å²) in [6.07, 6.45) is 3.62. The number of nitrogens with two attached hydrogens (primary N) is 1. The van der Waals surface area contributed by atoms with E-state index in [0.29, 0.717) is 52.2 Å². The predicted octanol–water partition coefficient (Wildman–Crippen LogP) is 11.9. The van der Waals surface area contributed by atoms with Crippen LogP contribution in [0.1, 0.15) is 86.8 Å². The molecule has 0 radical (unpaired) electrons. The van der Waals surface area contributed by atoms with Crippen molar-refractivity contribution in [2.24, 2.45) is 5.90 Å². The number of hydrogen-bond donors (Lipinski definition) is 2. The number of fused-ring (bicyclic) bond motifs is 6. The highest BCUT2D eigenvalue weighted by atomic mass is 31.2. The summed E-state index contributed by atoms with van der Waals surface area (Å²) >= 11 is 0. The molecule has 2 unspecified atom stereocenters. The van der Waals surface area contributed by atoms with Crippen LogP contribution in [0.5, 0.6) is 23.0 Å². The lowest BCUT2D eigenvalue weighted by Gasteiger charge is -2.32. The lowest BCUT2D eigenvalue weighted by Crippen LogP contribution is -2.23. The van der Waals surface area contributed by atoms with Gasteiger partial charge >= 0.3 is 0 Å². The molecule has 62 heavy (non-hydrogen) atoms. The fraction of sp³-hybridized carbons (Fsp3) is 0.294. The van der Waals surface area contributed by atoms with Crippen LogP contribution in [-0.2, 0) is 49.6 Å². The van der Waals surface area contributed by atoms with Crippen molar-refractivity contribution in [1.82, 2.24) is 0 Å². The smallest absolute Gasteiger partial charge is 0.282 e. The van der Waals surface area contributed by atoms with E-state index in [1.165, 1.54) is 0 Å². The lowest BCUT2D eigenvalue weighted by atomic mass is 9.76. The molecule has 0 bridgehead atoms. The van der Waals surface area contributed by atoms with Crippen LogP contribution in [0.25, 0.3) is 22.3 Å². The molecule has 9 nitrogen and oxygen atoms in total. The summed E-state index contributed by atoms with van der Waals surface area (Å²) in [4.78, 5) is 5.53. The number of ether oxygens (including phenoxy) is 2. The highest BCUT2D eigenvalue weighted by molar-refractivity contribution is 7.67. The van der Waals surface area contributed by atoms with E-state index in [2.05, 4.69) is 39.8 Å². The van der Waals surface area contributed by atoms with E-state index >= 15 is 9.13 Å². The number of unbranched alkanes of at least 4 members (excludes halogenated alkanes) is 2. The maximum atomic E-state index is 15.4. The molecule has 8 rings (SSSR count). The predicted molar refractivity (Wildman–Crippen MR) is 248 cm³/mol. The van der Waals surface area contributed by atoms with Crippen molar-refractivity contribution >= 4 is 25.3 Å². The van der Waals surface area contributed by atoms with Crippen molar-refractivity contribution < 1.29 is 37.6 Å². The van der Waals surface area contributed by atoms with Crippen LogP contribution in [0, 0.1) is 0 Å². The molecule has 2 atom stereocenters. The Balaban J connectivity index is 1.27. The van der Waals surface area contributed by atoms with Crippen molar-refractivity contribution in [3.63, 3.8) is 0 Å². The van der Waals surface area contributed by atoms with Gasteiger partial charge in [-0.1, -0.05) is 125 Å². The number of para-hydroxylation sites is 2. The first-order valence-electron chi connectivity index (χ1n) is 21.5. The summed E-state index contributed by atoms with van der Waals surface area (Å²) in [5.41, 5.74) is 6.73. The van der Waals surface area contributed by atoms with Crippen LogP contribution in [0.3, 0.4) is 0 Å². The van der Waals surface area contributed by atoms with E-state index in [0.717, 1.165) is 70.2 Å². The van der Waals surface area contributed by atoms with Crippen molar-refractivity contribution in [2.75, 3.05) is 13.2 Å². The highest BCUT2D eigenvalue weighted by Crippen LogP contribution is 2.60. The van der Waals surface area contributed by atoms with Gasteiger partial charge in [0.2, 0.25) is 0 Å². The van der Waals surface area contributed by atoms with Crippen molar-refractivity contribution in [2.45, 2.75) is 84.3 Å². The summed E-state index contributed by atoms with van der Waals surface area (Å²) in [5.74, 6) is 7.41. The number of phenols is 1. The minimum absolute atomic E-state index is 0.100. The first-order valence-corrected chi connectivity index (χ1v) is 25.1. The van der Waals surface area contributed by atoms with Crippen molar-refractivity contribution in [3.05, 3.63) is 155 Å². The zero-order valence-electron chi connectivity index (χ0n) is 35.9. The Morgan fingerprint density at radius 1 is 0.581 bits per heavy atom. The van der Waals surface area contributed by atoms with Crippen LogP contribution in [0.15, 0.2) is 121 Å². The third-order valence-electron chi connectivity index (χ3n) is 12.0. The van der Waals surface area contributed by atoms with E-state index < -0.39 is 20.2 Å². The van der Waals surface area contributed by atoms with Crippen LogP contribution >= 0.6 is 14.7 Å². The van der Waals surface area contributed by atoms with Crippen molar-refractivity contribution in [1.29, 1.82) is 0 Å². The maximum absolute atomic E-state index is 15.4. The topological polar surface area (TPSA) is 127 Å². The fourth-order valence-corrected chi connectivity index (χ4v) is 13.3. The summed E-state index contributed by atoms with van der Waals surface area (Å²) in [6.45, 7) is 10.2. The Hall–Kier alpha value is -5.14. The summed E-state index contributed by atoms with van der Waals surface area (Å²) in [6, 6.07) is 38.2. The number of aromatic hydroxyl groups is 1. The Bertz CT molecular complexity index is 2530. The Morgan fingerprint density at radius 3 is 1.39 bits per heavy atom. The second kappa shape index (κ2) is 18.3. The van der Waals surface area contributed by atoms with E-state index in [4.69, 9.17) is 29.3 Å². The van der Waals surface area contributed by atoms with Gasteiger partial charge in [-0.2, -0.15) is 5.90 Å². The van der Waals surface area contributed by atoms with E-state index in [9.17, 15) is 5.11 Å². The quantitative estimate of drug-likeness (QED) is 0.0523. The average Bonchev–Trinajstić information content (AvgIpc) is 3.28. The Morgan fingerprint density at radius 2 is 0.968 bits per heavy atom. The van der Waals surface area contributed by atoms with Gasteiger partial charge < -0.3 is 28.5 Å². The van der Waals surface area contributed by atoms with Gasteiger partial charge in [0.25, 0.3) is 14.7 Å². The van der Waals surface area contributed by atoms with Gasteiger partial charge in [-0.15, -0.1) is 0 Å². The SMILES string of the molecule is CCCCOCc1cc(C(C)(C)c2cc(CP3(=O)Oc4ccccc4-c4ccccc43)c(O)c(CP3(=O)Oc4ccccc4-c4ccccc43)c2)cc(COCCCC)c1ON. The number of phenolic OH excluding ortho intramolecular Hbond substituents is 1. The van der Waals surface area contributed by atoms with Gasteiger partial charge in [0.1, 0.15) is 17.2 Å². The second-order valence-electron chi connectivity index (χ2n) is 16.7. The van der Waals surface area contributed by atoms with Crippen molar-refractivity contribution in [3.8, 4) is 45.3 Å². The molecule has 2 aliphatic rings. The molecule has 11 heteroatoms. The fourth-order valence-electron chi connectivity index (χ4n) is 8.50. The van der Waals surface area contributed by atoms with Gasteiger partial charge in [-0.05, 0) is 71.5 Å². The molecule has 2 aliphatic heterocycles. The van der Waals surface area contributed by atoms with Crippen LogP contribution in [-0.4, -0.2) is 18.3 Å². The number of rotatable bonds is 17. The summed E-state index contributed by atoms with van der Waals surface area (Å²) in [5, 5.41) is 13.6. The molecule has 0 aliphatic carbocycles. The average molecular weight is 872 g/mol. The van der Waals surface area contributed by atoms with Crippen LogP contribution in [0.2, 0.25) is 0 Å². The minimum Gasteiger partial charge on any atom is -0.507 e. The molecule has 0 fully saturated rings. The Kier molecular flexibility index (Phi) is 12.8. The molecule has 6 aromatic carbocycles. The molecular weight excluding hydrogens is 817 g/mol. The normalized spacial score (nSPS) is 17.5. The summed E-state index contributed by atoms with van der Waals surface area (Å²) < 4.78 is 56.1. The maximum Gasteiger partial charge on any atom is 0.282 e. The standard InChI is InChI=1S/C51H55NO8P2/c1-5-7-25-56-31-35-27-39(28-36(50(35)58-52)32-57-26-8-6-2)51(3,4)40-29-37(33-61(54)47-23-15-11-19-43(47)41-17-9-13-21-45(41)59-61)49(53)38(30-40)34-62(55)48-24-16-12-20-44(48)42-18-10-14-22-46(42)60-62/h9-24,27-30,53H,5-8,25-26,31-34,52H2,1-4H3. The summed E-state index contributed by atoms with van der Waals surface area (Å²) in [7, 11) is -7.38. The lowest BCUT2D eigenvalue weighted by molar-refractivity contribution is 0.109. The van der Waals surface area contributed by atoms with Gasteiger partial charge in [-0.3, -0.25) is 9.13 Å². The number of benzene rings is 6. The molecule has 6 aromatic rings. The zero-order chi connectivity index (χ0) is 43.5. The first-order chi connectivity index (χ1) is 30.0. The monoisotopic (exact) mass is 871 g/mol. The van der Waals surface area contributed by atoms with Crippen LogP contribution in [0.4, 0.5) is 0 Å². The highest BCUT2D eigenvalue weighted by Gasteiger charge is 2.41. The third kappa shape index (κ3) is 8.50. The molecule has 0 spiro atoms. The van der Waals surface area contributed by atoms with E-state index in [1.54, 1.807) is 0 Å². The van der Waals surface area contributed by atoms with Gasteiger partial charge in [0.15, 0.2) is 5.75 Å². The molecule has 0 aromatic heterocycles. The van der Waals surface area contributed by atoms with E-state index in [1.807, 2.05) is 109 Å². The molecule has 0 saturated heterocycles. The van der Waals surface area contributed by atoms with Gasteiger partial charge in [0, 0.05) is 52.0 Å². The second-order valence-corrected chi connectivity index (χ2v) is 21.3. The molecule has 0 amide bonds. The van der Waals surface area contributed by atoms with Gasteiger partial charge in [-0.25, -0.2) is 0 Å². The molecule has 0 saturated carbocycles. The molecule has 2 heterocycles. The first kappa shape index (κ1) is 43.5. The molecular formula is C51H55NO8P2. The van der Waals surface area contributed by atoms with Crippen LogP contribution < -0.4 is 30.4 Å². The Labute approximate surface area is 365 Å². The zero-order valence-corrected chi connectivity index (χ0v) is 37.7. The third-order valence-corrected chi connectivity index (χ3v) is 16.8. The largest absolute Gasteiger partial charge is 0.507 e.